The minimum absolute atomic E-state index is 0.0283. The van der Waals surface area contributed by atoms with E-state index in [0.717, 1.165) is 5.56 Å². The van der Waals surface area contributed by atoms with Gasteiger partial charge in [0.2, 0.25) is 0 Å². The summed E-state index contributed by atoms with van der Waals surface area (Å²) in [4.78, 5) is 28.0. The van der Waals surface area contributed by atoms with Gasteiger partial charge in [-0.3, -0.25) is 9.59 Å². The number of halogens is 1. The van der Waals surface area contributed by atoms with Crippen LogP contribution < -0.4 is 14.2 Å². The van der Waals surface area contributed by atoms with Gasteiger partial charge < -0.3 is 24.2 Å². The molecule has 3 aromatic carbocycles. The molecule has 3 aromatic rings. The molecule has 1 saturated heterocycles. The molecule has 0 aliphatic carbocycles. The summed E-state index contributed by atoms with van der Waals surface area (Å²) in [6.07, 6.45) is 0. The minimum atomic E-state index is -0.842. The van der Waals surface area contributed by atoms with Gasteiger partial charge in [0.05, 0.1) is 39.5 Å². The van der Waals surface area contributed by atoms with Crippen molar-refractivity contribution in [3.05, 3.63) is 94.0 Å². The Morgan fingerprint density at radius 2 is 1.54 bits per heavy atom. The van der Waals surface area contributed by atoms with Gasteiger partial charge in [-0.2, -0.15) is 0 Å². The zero-order valence-electron chi connectivity index (χ0n) is 19.4. The van der Waals surface area contributed by atoms with Crippen molar-refractivity contribution in [2.45, 2.75) is 12.6 Å². The highest BCUT2D eigenvalue weighted by atomic mass is 35.5. The lowest BCUT2D eigenvalue weighted by molar-refractivity contribution is -0.140. The lowest BCUT2D eigenvalue weighted by Crippen LogP contribution is -2.29. The first-order valence-electron chi connectivity index (χ1n) is 10.8. The second-order valence-corrected chi connectivity index (χ2v) is 8.30. The average molecular weight is 494 g/mol. The fraction of sp³-hybridized carbons (Fsp3) is 0.185. The summed E-state index contributed by atoms with van der Waals surface area (Å²) < 4.78 is 16.0. The van der Waals surface area contributed by atoms with Crippen molar-refractivity contribution in [1.82, 2.24) is 4.90 Å². The van der Waals surface area contributed by atoms with E-state index < -0.39 is 17.7 Å². The van der Waals surface area contributed by atoms with Gasteiger partial charge in [0.15, 0.2) is 11.5 Å². The van der Waals surface area contributed by atoms with Gasteiger partial charge in [-0.1, -0.05) is 41.9 Å². The molecule has 0 saturated carbocycles. The number of carbonyl (C=O) groups is 2. The number of hydrogen-bond acceptors (Lipinski definition) is 6. The van der Waals surface area contributed by atoms with Gasteiger partial charge in [0.25, 0.3) is 11.7 Å². The van der Waals surface area contributed by atoms with Gasteiger partial charge >= 0.3 is 0 Å². The molecule has 1 aliphatic heterocycles. The van der Waals surface area contributed by atoms with Crippen molar-refractivity contribution in [3.63, 3.8) is 0 Å². The van der Waals surface area contributed by atoms with Crippen LogP contribution in [0.25, 0.3) is 5.76 Å². The topological polar surface area (TPSA) is 85.3 Å². The van der Waals surface area contributed by atoms with Gasteiger partial charge in [-0.25, -0.2) is 0 Å². The predicted molar refractivity (Wildman–Crippen MR) is 132 cm³/mol. The summed E-state index contributed by atoms with van der Waals surface area (Å²) in [5.74, 6) is -0.390. The standard InChI is InChI=1S/C27H24ClNO6/c1-33-20-7-5-4-6-18(20)15-29-24(16-8-11-19(28)12-9-16)23(26(31)27(29)32)25(30)17-10-13-21(34-2)22(14-17)35-3/h4-14,24,30H,15H2,1-3H3/b25-23-. The zero-order chi connectivity index (χ0) is 25.1. The molecule has 7 nitrogen and oxygen atoms in total. The zero-order valence-corrected chi connectivity index (χ0v) is 20.2. The van der Waals surface area contributed by atoms with Gasteiger partial charge in [-0.05, 0) is 42.0 Å². The summed E-state index contributed by atoms with van der Waals surface area (Å²) in [5.41, 5.74) is 1.64. The first-order valence-corrected chi connectivity index (χ1v) is 11.2. The number of rotatable bonds is 7. The minimum Gasteiger partial charge on any atom is -0.507 e. The molecule has 180 valence electrons. The molecule has 35 heavy (non-hydrogen) atoms. The number of para-hydroxylation sites is 1. The second-order valence-electron chi connectivity index (χ2n) is 7.86. The van der Waals surface area contributed by atoms with Crippen molar-refractivity contribution in [2.75, 3.05) is 21.3 Å². The summed E-state index contributed by atoms with van der Waals surface area (Å²) in [6.45, 7) is 0.102. The van der Waals surface area contributed by atoms with Gasteiger partial charge in [0, 0.05) is 16.1 Å². The summed E-state index contributed by atoms with van der Waals surface area (Å²) in [7, 11) is 4.52. The largest absolute Gasteiger partial charge is 0.507 e. The van der Waals surface area contributed by atoms with E-state index in [2.05, 4.69) is 0 Å². The Morgan fingerprint density at radius 1 is 0.886 bits per heavy atom. The number of aliphatic hydroxyl groups excluding tert-OH is 1. The number of ether oxygens (including phenoxy) is 3. The number of nitrogens with zero attached hydrogens (tertiary/aromatic N) is 1. The van der Waals surface area contributed by atoms with Crippen LogP contribution in [0.1, 0.15) is 22.7 Å². The third-order valence-electron chi connectivity index (χ3n) is 5.92. The Kier molecular flexibility index (Phi) is 6.98. The lowest BCUT2D eigenvalue weighted by Gasteiger charge is -2.26. The van der Waals surface area contributed by atoms with E-state index in [9.17, 15) is 14.7 Å². The molecule has 8 heteroatoms. The quantitative estimate of drug-likeness (QED) is 0.283. The number of methoxy groups -OCH3 is 3. The van der Waals surface area contributed by atoms with Gasteiger partial charge in [0.1, 0.15) is 11.5 Å². The molecule has 0 radical (unpaired) electrons. The lowest BCUT2D eigenvalue weighted by atomic mass is 9.95. The molecule has 0 aromatic heterocycles. The first kappa shape index (κ1) is 24.2. The van der Waals surface area contributed by atoms with Crippen molar-refractivity contribution < 1.29 is 28.9 Å². The van der Waals surface area contributed by atoms with E-state index in [-0.39, 0.29) is 17.9 Å². The average Bonchev–Trinajstić information content (AvgIpc) is 3.13. The van der Waals surface area contributed by atoms with Crippen molar-refractivity contribution in [2.24, 2.45) is 0 Å². The van der Waals surface area contributed by atoms with E-state index in [1.165, 1.54) is 19.1 Å². The third kappa shape index (κ3) is 4.55. The Morgan fingerprint density at radius 3 is 2.20 bits per heavy atom. The molecule has 4 rings (SSSR count). The van der Waals surface area contributed by atoms with E-state index in [1.807, 2.05) is 18.2 Å². The van der Waals surface area contributed by atoms with E-state index in [1.54, 1.807) is 55.6 Å². The van der Waals surface area contributed by atoms with E-state index >= 15 is 0 Å². The van der Waals surface area contributed by atoms with Gasteiger partial charge in [-0.15, -0.1) is 0 Å². The molecule has 1 atom stereocenters. The van der Waals surface area contributed by atoms with Crippen molar-refractivity contribution in [3.8, 4) is 17.2 Å². The van der Waals surface area contributed by atoms with E-state index in [0.29, 0.717) is 33.4 Å². The van der Waals surface area contributed by atoms with Crippen LogP contribution in [0.3, 0.4) is 0 Å². The number of Topliss-reactive ketones (excluding diaryl/α,β-unsaturated/α-hetero) is 1. The smallest absolute Gasteiger partial charge is 0.295 e. The SMILES string of the molecule is COc1ccccc1CN1C(=O)C(=O)/C(=C(\O)c2ccc(OC)c(OC)c2)C1c1ccc(Cl)cc1. The number of benzene rings is 3. The summed E-state index contributed by atoms with van der Waals surface area (Å²) in [5, 5.41) is 11.8. The van der Waals surface area contributed by atoms with Crippen molar-refractivity contribution in [1.29, 1.82) is 0 Å². The van der Waals surface area contributed by atoms with Crippen LogP contribution in [0.5, 0.6) is 17.2 Å². The monoisotopic (exact) mass is 493 g/mol. The highest BCUT2D eigenvalue weighted by Gasteiger charge is 2.46. The maximum absolute atomic E-state index is 13.3. The maximum Gasteiger partial charge on any atom is 0.295 e. The normalized spacial score (nSPS) is 16.9. The Hall–Kier alpha value is -3.97. The number of ketones is 1. The molecule has 1 aliphatic rings. The second kappa shape index (κ2) is 10.1. The maximum atomic E-state index is 13.3. The molecule has 0 bridgehead atoms. The van der Waals surface area contributed by atoms with Crippen molar-refractivity contribution >= 4 is 29.1 Å². The number of hydrogen-bond donors (Lipinski definition) is 1. The van der Waals surface area contributed by atoms with E-state index in [4.69, 9.17) is 25.8 Å². The molecule has 0 spiro atoms. The summed E-state index contributed by atoms with van der Waals surface area (Å²) >= 11 is 6.09. The third-order valence-corrected chi connectivity index (χ3v) is 6.17. The first-order chi connectivity index (χ1) is 16.9. The predicted octanol–water partition coefficient (Wildman–Crippen LogP) is 4.99. The fourth-order valence-electron chi connectivity index (χ4n) is 4.19. The Labute approximate surface area is 208 Å². The number of aliphatic hydroxyl groups is 1. The molecular formula is C27H24ClNO6. The number of carbonyl (C=O) groups excluding carboxylic acids is 2. The molecule has 1 unspecified atom stereocenters. The number of likely N-dealkylation sites (tertiary alicyclic amines) is 1. The van der Waals surface area contributed by atoms with Crippen LogP contribution in [0.2, 0.25) is 5.02 Å². The fourth-order valence-corrected chi connectivity index (χ4v) is 4.32. The Bertz CT molecular complexity index is 1300. The molecule has 1 N–H and O–H groups in total. The van der Waals surface area contributed by atoms with Crippen LogP contribution in [-0.4, -0.2) is 43.0 Å². The van der Waals surface area contributed by atoms with Crippen LogP contribution in [-0.2, 0) is 16.1 Å². The molecular weight excluding hydrogens is 470 g/mol. The Balaban J connectivity index is 1.87. The van der Waals surface area contributed by atoms with Crippen LogP contribution in [0.4, 0.5) is 0 Å². The summed E-state index contributed by atoms with van der Waals surface area (Å²) in [6, 6.07) is 18.0. The molecule has 1 amide bonds. The molecule has 1 heterocycles. The highest BCUT2D eigenvalue weighted by molar-refractivity contribution is 6.46. The van der Waals surface area contributed by atoms with Crippen LogP contribution in [0.15, 0.2) is 72.3 Å². The number of amides is 1. The van der Waals surface area contributed by atoms with Crippen LogP contribution in [0, 0.1) is 0 Å². The highest BCUT2D eigenvalue weighted by Crippen LogP contribution is 2.42. The van der Waals surface area contributed by atoms with Crippen LogP contribution >= 0.6 is 11.6 Å². The molecule has 1 fully saturated rings.